The predicted molar refractivity (Wildman–Crippen MR) is 146 cm³/mol. The van der Waals surface area contributed by atoms with Crippen molar-refractivity contribution in [2.45, 2.75) is 58.1 Å². The van der Waals surface area contributed by atoms with Crippen LogP contribution in [0.25, 0.3) is 0 Å². The predicted octanol–water partition coefficient (Wildman–Crippen LogP) is 3.38. The summed E-state index contributed by atoms with van der Waals surface area (Å²) < 4.78 is 27.8. The Balaban J connectivity index is 1.90. The topological polar surface area (TPSA) is 141 Å². The molecule has 3 aromatic rings. The third kappa shape index (κ3) is 8.44. The maximum absolute atomic E-state index is 13.9. The second-order valence-corrected chi connectivity index (χ2v) is 9.71. The Morgan fingerprint density at radius 2 is 1.62 bits per heavy atom. The van der Waals surface area contributed by atoms with Crippen LogP contribution in [0.15, 0.2) is 48.7 Å². The molecule has 0 bridgehead atoms. The Labute approximate surface area is 231 Å². The molecule has 3 amide bonds. The molecule has 2 unspecified atom stereocenters. The molecule has 214 valence electrons. The highest BCUT2D eigenvalue weighted by Crippen LogP contribution is 2.17. The van der Waals surface area contributed by atoms with Crippen molar-refractivity contribution in [3.05, 3.63) is 88.2 Å². The van der Waals surface area contributed by atoms with Gasteiger partial charge in [0, 0.05) is 47.7 Å². The van der Waals surface area contributed by atoms with Gasteiger partial charge in [0.2, 0.25) is 5.91 Å². The number of hydrogen-bond donors (Lipinski definition) is 4. The van der Waals surface area contributed by atoms with E-state index in [0.29, 0.717) is 19.5 Å². The molecule has 0 radical (unpaired) electrons. The lowest BCUT2D eigenvalue weighted by molar-refractivity contribution is 0.0755. The van der Waals surface area contributed by atoms with Crippen molar-refractivity contribution >= 4 is 17.7 Å². The minimum atomic E-state index is -1.11. The number of amides is 3. The standard InChI is InChI=1S/C29H35F2N5O4/c1-3-9-36(10-4-2)29(40)21-15-19(27(32)38)14-20(16-21)28(39)34-25(13-18-11-22(30)17-23(31)12-18)26(37)6-5-24-7-8-33-35-24/h7-8,11-12,14-17,25-26,37H,3-6,9-10,13H2,1-2H3,(H2,32,38)(H,33,35)(H,34,39). The summed E-state index contributed by atoms with van der Waals surface area (Å²) in [5.74, 6) is -3.40. The molecular weight excluding hydrogens is 520 g/mol. The normalized spacial score (nSPS) is 12.5. The number of carbonyl (C=O) groups excluding carboxylic acids is 3. The summed E-state index contributed by atoms with van der Waals surface area (Å²) >= 11 is 0. The molecule has 9 nitrogen and oxygen atoms in total. The molecule has 1 heterocycles. The number of rotatable bonds is 14. The fourth-order valence-electron chi connectivity index (χ4n) is 4.51. The molecule has 40 heavy (non-hydrogen) atoms. The molecule has 0 saturated heterocycles. The van der Waals surface area contributed by atoms with Crippen LogP contribution in [0, 0.1) is 11.6 Å². The van der Waals surface area contributed by atoms with Gasteiger partial charge in [0.25, 0.3) is 11.8 Å². The van der Waals surface area contributed by atoms with Crippen molar-refractivity contribution in [1.29, 1.82) is 0 Å². The highest BCUT2D eigenvalue weighted by Gasteiger charge is 2.25. The van der Waals surface area contributed by atoms with E-state index in [1.807, 2.05) is 13.8 Å². The van der Waals surface area contributed by atoms with Gasteiger partial charge < -0.3 is 21.1 Å². The number of benzene rings is 2. The minimum Gasteiger partial charge on any atom is -0.391 e. The summed E-state index contributed by atoms with van der Waals surface area (Å²) in [7, 11) is 0. The zero-order valence-electron chi connectivity index (χ0n) is 22.6. The number of nitrogens with two attached hydrogens (primary N) is 1. The summed E-state index contributed by atoms with van der Waals surface area (Å²) in [5, 5.41) is 20.4. The van der Waals surface area contributed by atoms with E-state index in [9.17, 15) is 28.3 Å². The highest BCUT2D eigenvalue weighted by molar-refractivity contribution is 6.04. The molecule has 0 aliphatic carbocycles. The molecule has 3 rings (SSSR count). The van der Waals surface area contributed by atoms with Crippen LogP contribution in [0.5, 0.6) is 0 Å². The largest absolute Gasteiger partial charge is 0.391 e. The van der Waals surface area contributed by atoms with Crippen LogP contribution in [0.3, 0.4) is 0 Å². The molecule has 5 N–H and O–H groups in total. The van der Waals surface area contributed by atoms with Gasteiger partial charge in [0.05, 0.1) is 12.1 Å². The Kier molecular flexibility index (Phi) is 10.9. The lowest BCUT2D eigenvalue weighted by atomic mass is 9.96. The Morgan fingerprint density at radius 3 is 2.20 bits per heavy atom. The fraction of sp³-hybridized carbons (Fsp3) is 0.379. The van der Waals surface area contributed by atoms with E-state index in [1.54, 1.807) is 17.2 Å². The van der Waals surface area contributed by atoms with Gasteiger partial charge in [0.1, 0.15) is 11.6 Å². The number of aromatic nitrogens is 2. The van der Waals surface area contributed by atoms with Crippen LogP contribution in [0.1, 0.15) is 75.4 Å². The average Bonchev–Trinajstić information content (AvgIpc) is 3.43. The fourth-order valence-corrected chi connectivity index (χ4v) is 4.51. The molecule has 0 saturated carbocycles. The molecular formula is C29H35F2N5O4. The minimum absolute atomic E-state index is 0.0104. The number of aliphatic hydroxyl groups is 1. The van der Waals surface area contributed by atoms with Gasteiger partial charge in [0.15, 0.2) is 0 Å². The van der Waals surface area contributed by atoms with E-state index < -0.39 is 35.6 Å². The van der Waals surface area contributed by atoms with Gasteiger partial charge in [-0.2, -0.15) is 5.10 Å². The van der Waals surface area contributed by atoms with Gasteiger partial charge in [-0.25, -0.2) is 8.78 Å². The van der Waals surface area contributed by atoms with Crippen molar-refractivity contribution in [3.8, 4) is 0 Å². The zero-order valence-corrected chi connectivity index (χ0v) is 22.6. The summed E-state index contributed by atoms with van der Waals surface area (Å²) in [5.41, 5.74) is 6.60. The first-order chi connectivity index (χ1) is 19.1. The second-order valence-electron chi connectivity index (χ2n) is 9.71. The molecule has 11 heteroatoms. The number of primary amides is 1. The number of aromatic amines is 1. The van der Waals surface area contributed by atoms with E-state index in [-0.39, 0.29) is 41.0 Å². The van der Waals surface area contributed by atoms with Crippen LogP contribution in [-0.4, -0.2) is 63.2 Å². The van der Waals surface area contributed by atoms with Crippen molar-refractivity contribution in [1.82, 2.24) is 20.4 Å². The Hall–Kier alpha value is -4.12. The van der Waals surface area contributed by atoms with Crippen molar-refractivity contribution in [2.75, 3.05) is 13.1 Å². The Bertz CT molecular complexity index is 1290. The quantitative estimate of drug-likeness (QED) is 0.241. The zero-order chi connectivity index (χ0) is 29.2. The monoisotopic (exact) mass is 555 g/mol. The summed E-state index contributed by atoms with van der Waals surface area (Å²) in [6.07, 6.45) is 2.46. The van der Waals surface area contributed by atoms with Gasteiger partial charge >= 0.3 is 0 Å². The number of carbonyl (C=O) groups is 3. The first kappa shape index (κ1) is 30.4. The van der Waals surface area contributed by atoms with Crippen LogP contribution >= 0.6 is 0 Å². The number of aryl methyl sites for hydroxylation is 1. The van der Waals surface area contributed by atoms with E-state index in [4.69, 9.17) is 5.73 Å². The smallest absolute Gasteiger partial charge is 0.253 e. The van der Waals surface area contributed by atoms with Gasteiger partial charge in [-0.05, 0) is 74.1 Å². The summed E-state index contributed by atoms with van der Waals surface area (Å²) in [6.45, 7) is 4.89. The third-order valence-corrected chi connectivity index (χ3v) is 6.43. The van der Waals surface area contributed by atoms with Crippen molar-refractivity contribution in [2.24, 2.45) is 5.73 Å². The van der Waals surface area contributed by atoms with Gasteiger partial charge in [-0.1, -0.05) is 13.8 Å². The van der Waals surface area contributed by atoms with E-state index in [1.165, 1.54) is 18.2 Å². The Morgan fingerprint density at radius 1 is 1.00 bits per heavy atom. The molecule has 1 aromatic heterocycles. The second kappa shape index (κ2) is 14.3. The number of nitrogens with one attached hydrogen (secondary N) is 2. The van der Waals surface area contributed by atoms with Gasteiger partial charge in [-0.3, -0.25) is 19.5 Å². The number of H-pyrrole nitrogens is 1. The first-order valence-corrected chi connectivity index (χ1v) is 13.3. The van der Waals surface area contributed by atoms with E-state index >= 15 is 0 Å². The molecule has 0 aliphatic rings. The number of halogens is 2. The van der Waals surface area contributed by atoms with E-state index in [0.717, 1.165) is 36.7 Å². The average molecular weight is 556 g/mol. The van der Waals surface area contributed by atoms with Crippen molar-refractivity contribution < 1.29 is 28.3 Å². The first-order valence-electron chi connectivity index (χ1n) is 13.3. The number of nitrogens with zero attached hydrogens (tertiary/aromatic N) is 2. The lowest BCUT2D eigenvalue weighted by Crippen LogP contribution is -2.45. The third-order valence-electron chi connectivity index (χ3n) is 6.43. The molecule has 0 spiro atoms. The van der Waals surface area contributed by atoms with Crippen LogP contribution in [0.2, 0.25) is 0 Å². The van der Waals surface area contributed by atoms with Crippen molar-refractivity contribution in [3.63, 3.8) is 0 Å². The summed E-state index contributed by atoms with van der Waals surface area (Å²) in [6, 6.07) is 7.79. The molecule has 2 aromatic carbocycles. The van der Waals surface area contributed by atoms with Crippen LogP contribution in [0.4, 0.5) is 8.78 Å². The maximum atomic E-state index is 13.9. The molecule has 0 aliphatic heterocycles. The molecule has 0 fully saturated rings. The van der Waals surface area contributed by atoms with Gasteiger partial charge in [-0.15, -0.1) is 0 Å². The number of hydrogen-bond acceptors (Lipinski definition) is 5. The summed E-state index contributed by atoms with van der Waals surface area (Å²) in [4.78, 5) is 40.3. The highest BCUT2D eigenvalue weighted by atomic mass is 19.1. The number of aliphatic hydroxyl groups excluding tert-OH is 1. The molecule has 2 atom stereocenters. The van der Waals surface area contributed by atoms with Crippen LogP contribution in [-0.2, 0) is 12.8 Å². The lowest BCUT2D eigenvalue weighted by Gasteiger charge is -2.25. The SMILES string of the molecule is CCCN(CCC)C(=O)c1cc(C(N)=O)cc(C(=O)NC(Cc2cc(F)cc(F)c2)C(O)CCc2ccn[nH]2)c1. The van der Waals surface area contributed by atoms with Crippen LogP contribution < -0.4 is 11.1 Å². The van der Waals surface area contributed by atoms with E-state index in [2.05, 4.69) is 15.5 Å². The maximum Gasteiger partial charge on any atom is 0.253 e.